The Morgan fingerprint density at radius 1 is 1.27 bits per heavy atom. The maximum atomic E-state index is 5.19. The SMILES string of the molecule is CN=C(NCCc1ccc(OC)cc1)NC[C@H]1CCCN1CC(C)C.I. The van der Waals surface area contributed by atoms with Crippen molar-refractivity contribution in [2.75, 3.05) is 40.3 Å². The monoisotopic (exact) mass is 474 g/mol. The molecule has 5 nitrogen and oxygen atoms in total. The smallest absolute Gasteiger partial charge is 0.191 e. The Morgan fingerprint density at radius 3 is 2.62 bits per heavy atom. The van der Waals surface area contributed by atoms with E-state index in [0.717, 1.165) is 37.1 Å². The van der Waals surface area contributed by atoms with Crippen molar-refractivity contribution in [3.63, 3.8) is 0 Å². The molecule has 0 aliphatic carbocycles. The fourth-order valence-electron chi connectivity index (χ4n) is 3.39. The van der Waals surface area contributed by atoms with Gasteiger partial charge in [0.25, 0.3) is 0 Å². The third-order valence-corrected chi connectivity index (χ3v) is 4.69. The highest BCUT2D eigenvalue weighted by Crippen LogP contribution is 2.17. The highest BCUT2D eigenvalue weighted by Gasteiger charge is 2.24. The number of guanidine groups is 1. The first-order valence-corrected chi connectivity index (χ1v) is 9.44. The first kappa shape index (κ1) is 23.0. The number of benzene rings is 1. The van der Waals surface area contributed by atoms with Gasteiger partial charge in [0.1, 0.15) is 5.75 Å². The van der Waals surface area contributed by atoms with Gasteiger partial charge in [-0.1, -0.05) is 26.0 Å². The van der Waals surface area contributed by atoms with E-state index in [-0.39, 0.29) is 24.0 Å². The van der Waals surface area contributed by atoms with Crippen LogP contribution in [0.15, 0.2) is 29.3 Å². The van der Waals surface area contributed by atoms with Crippen molar-refractivity contribution in [2.24, 2.45) is 10.9 Å². The highest BCUT2D eigenvalue weighted by molar-refractivity contribution is 14.0. The summed E-state index contributed by atoms with van der Waals surface area (Å²) in [4.78, 5) is 6.96. The molecular weight excluding hydrogens is 439 g/mol. The van der Waals surface area contributed by atoms with E-state index >= 15 is 0 Å². The van der Waals surface area contributed by atoms with Gasteiger partial charge in [-0.15, -0.1) is 24.0 Å². The quantitative estimate of drug-likeness (QED) is 0.346. The van der Waals surface area contributed by atoms with Gasteiger partial charge in [0.2, 0.25) is 0 Å². The molecule has 148 valence electrons. The van der Waals surface area contributed by atoms with Crippen LogP contribution in [0.4, 0.5) is 0 Å². The topological polar surface area (TPSA) is 48.9 Å². The van der Waals surface area contributed by atoms with Crippen molar-refractivity contribution in [3.05, 3.63) is 29.8 Å². The lowest BCUT2D eigenvalue weighted by Crippen LogP contribution is -2.46. The number of nitrogens with zero attached hydrogens (tertiary/aromatic N) is 2. The summed E-state index contributed by atoms with van der Waals surface area (Å²) < 4.78 is 5.19. The summed E-state index contributed by atoms with van der Waals surface area (Å²) in [6, 6.07) is 8.86. The molecular formula is C20H35IN4O. The van der Waals surface area contributed by atoms with E-state index in [1.807, 2.05) is 19.2 Å². The first-order valence-electron chi connectivity index (χ1n) is 9.44. The van der Waals surface area contributed by atoms with Crippen molar-refractivity contribution in [2.45, 2.75) is 39.2 Å². The normalized spacial score (nSPS) is 17.9. The Kier molecular flexibility index (Phi) is 11.0. The molecule has 2 N–H and O–H groups in total. The summed E-state index contributed by atoms with van der Waals surface area (Å²) in [6.45, 7) is 8.84. The van der Waals surface area contributed by atoms with E-state index in [1.165, 1.54) is 31.5 Å². The predicted molar refractivity (Wildman–Crippen MR) is 121 cm³/mol. The molecule has 1 aromatic rings. The summed E-state index contributed by atoms with van der Waals surface area (Å²) >= 11 is 0. The maximum absolute atomic E-state index is 5.19. The van der Waals surface area contributed by atoms with Gasteiger partial charge in [0.15, 0.2) is 5.96 Å². The van der Waals surface area contributed by atoms with Crippen LogP contribution in [-0.2, 0) is 6.42 Å². The minimum absolute atomic E-state index is 0. The zero-order valence-corrected chi connectivity index (χ0v) is 19.0. The van der Waals surface area contributed by atoms with Crippen LogP contribution in [-0.4, -0.2) is 57.2 Å². The Hall–Kier alpha value is -1.02. The molecule has 1 heterocycles. The second kappa shape index (κ2) is 12.4. The molecule has 1 saturated heterocycles. The molecule has 0 spiro atoms. The van der Waals surface area contributed by atoms with E-state index < -0.39 is 0 Å². The largest absolute Gasteiger partial charge is 0.497 e. The molecule has 26 heavy (non-hydrogen) atoms. The molecule has 1 atom stereocenters. The van der Waals surface area contributed by atoms with Crippen molar-refractivity contribution < 1.29 is 4.74 Å². The van der Waals surface area contributed by atoms with E-state index in [9.17, 15) is 0 Å². The van der Waals surface area contributed by atoms with Gasteiger partial charge in [0, 0.05) is 32.7 Å². The highest BCUT2D eigenvalue weighted by atomic mass is 127. The van der Waals surface area contributed by atoms with E-state index in [4.69, 9.17) is 4.74 Å². The maximum Gasteiger partial charge on any atom is 0.191 e. The van der Waals surface area contributed by atoms with Crippen molar-refractivity contribution in [3.8, 4) is 5.75 Å². The zero-order chi connectivity index (χ0) is 18.1. The number of aliphatic imine (C=N–C) groups is 1. The third-order valence-electron chi connectivity index (χ3n) is 4.69. The van der Waals surface area contributed by atoms with Gasteiger partial charge in [0.05, 0.1) is 7.11 Å². The number of hydrogen-bond acceptors (Lipinski definition) is 3. The number of ether oxygens (including phenoxy) is 1. The molecule has 0 bridgehead atoms. The van der Waals surface area contributed by atoms with E-state index in [2.05, 4.69) is 46.5 Å². The minimum Gasteiger partial charge on any atom is -0.497 e. The van der Waals surface area contributed by atoms with Gasteiger partial charge in [-0.3, -0.25) is 9.89 Å². The van der Waals surface area contributed by atoms with Crippen LogP contribution < -0.4 is 15.4 Å². The number of nitrogens with one attached hydrogen (secondary N) is 2. The number of halogens is 1. The average Bonchev–Trinajstić information content (AvgIpc) is 3.04. The Bertz CT molecular complexity index is 533. The van der Waals surface area contributed by atoms with Crippen molar-refractivity contribution >= 4 is 29.9 Å². The van der Waals surface area contributed by atoms with Crippen LogP contribution in [0.3, 0.4) is 0 Å². The molecule has 1 aromatic carbocycles. The lowest BCUT2D eigenvalue weighted by atomic mass is 10.1. The number of rotatable bonds is 8. The Morgan fingerprint density at radius 2 is 2.00 bits per heavy atom. The van der Waals surface area contributed by atoms with Crippen molar-refractivity contribution in [1.29, 1.82) is 0 Å². The molecule has 0 aromatic heterocycles. The predicted octanol–water partition coefficient (Wildman–Crippen LogP) is 3.14. The lowest BCUT2D eigenvalue weighted by molar-refractivity contribution is 0.226. The van der Waals surface area contributed by atoms with E-state index in [1.54, 1.807) is 7.11 Å². The number of methoxy groups -OCH3 is 1. The van der Waals surface area contributed by atoms with Crippen LogP contribution >= 0.6 is 24.0 Å². The third kappa shape index (κ3) is 7.70. The minimum atomic E-state index is 0. The average molecular weight is 474 g/mol. The zero-order valence-electron chi connectivity index (χ0n) is 16.6. The molecule has 1 aliphatic heterocycles. The molecule has 2 rings (SSSR count). The molecule has 0 unspecified atom stereocenters. The summed E-state index contributed by atoms with van der Waals surface area (Å²) in [5.74, 6) is 2.52. The van der Waals surface area contributed by atoms with Gasteiger partial charge < -0.3 is 15.4 Å². The molecule has 6 heteroatoms. The Labute approximate surface area is 176 Å². The molecule has 0 saturated carbocycles. The van der Waals surface area contributed by atoms with Gasteiger partial charge in [-0.2, -0.15) is 0 Å². The number of likely N-dealkylation sites (tertiary alicyclic amines) is 1. The number of hydrogen-bond donors (Lipinski definition) is 2. The van der Waals surface area contributed by atoms with Crippen LogP contribution in [0.5, 0.6) is 5.75 Å². The fourth-order valence-corrected chi connectivity index (χ4v) is 3.39. The van der Waals surface area contributed by atoms with Crippen LogP contribution in [0.2, 0.25) is 0 Å². The van der Waals surface area contributed by atoms with Crippen LogP contribution in [0, 0.1) is 5.92 Å². The van der Waals surface area contributed by atoms with Gasteiger partial charge in [-0.05, 0) is 49.4 Å². The summed E-state index contributed by atoms with van der Waals surface area (Å²) in [5.41, 5.74) is 1.29. The lowest BCUT2D eigenvalue weighted by Gasteiger charge is -2.27. The summed E-state index contributed by atoms with van der Waals surface area (Å²) in [6.07, 6.45) is 3.55. The Balaban J connectivity index is 0.00000338. The fraction of sp³-hybridized carbons (Fsp3) is 0.650. The second-order valence-electron chi connectivity index (χ2n) is 7.16. The van der Waals surface area contributed by atoms with Crippen LogP contribution in [0.25, 0.3) is 0 Å². The van der Waals surface area contributed by atoms with Gasteiger partial charge in [-0.25, -0.2) is 0 Å². The van der Waals surface area contributed by atoms with Gasteiger partial charge >= 0.3 is 0 Å². The van der Waals surface area contributed by atoms with Crippen molar-refractivity contribution in [1.82, 2.24) is 15.5 Å². The summed E-state index contributed by atoms with van der Waals surface area (Å²) in [7, 11) is 3.53. The molecule has 1 aliphatic rings. The van der Waals surface area contributed by atoms with Crippen LogP contribution in [0.1, 0.15) is 32.3 Å². The molecule has 0 radical (unpaired) electrons. The molecule has 1 fully saturated rings. The standard InChI is InChI=1S/C20H34N4O.HI/c1-16(2)15-24-13-5-6-18(24)14-23-20(21-3)22-12-11-17-7-9-19(25-4)10-8-17;/h7-10,16,18H,5-6,11-15H2,1-4H3,(H2,21,22,23);1H/t18-;/m1./s1. The summed E-state index contributed by atoms with van der Waals surface area (Å²) in [5, 5.41) is 6.91. The second-order valence-corrected chi connectivity index (χ2v) is 7.16. The first-order chi connectivity index (χ1) is 12.1. The van der Waals surface area contributed by atoms with E-state index in [0.29, 0.717) is 6.04 Å². The molecule has 0 amide bonds.